The molecule has 8 aromatic carbocycles. The van der Waals surface area contributed by atoms with Crippen LogP contribution in [0, 0.1) is 22.7 Å². The van der Waals surface area contributed by atoms with Crippen molar-refractivity contribution in [2.24, 2.45) is 0 Å². The third-order valence-electron chi connectivity index (χ3n) is 11.0. The van der Waals surface area contributed by atoms with Crippen molar-refractivity contribution in [1.82, 2.24) is 4.57 Å². The summed E-state index contributed by atoms with van der Waals surface area (Å²) in [5, 5.41) is 21.9. The number of rotatable bonds is 6. The standard InChI is InChI=1S/C52H30N4O2/c53-31-38-16-7-9-18-40(38)36-23-26-43-44-27-24-37(41-19-10-8-17-39(41)32-54)30-49(44)55(48(43)29-36)46-21-11-20-45-50(46)52(58)56(51(45)57)47-28-35(33-12-3-1-4-13-33)22-25-42(47)34-14-5-2-6-15-34/h1-30H. The van der Waals surface area contributed by atoms with Gasteiger partial charge in [0.2, 0.25) is 0 Å². The van der Waals surface area contributed by atoms with Gasteiger partial charge in [0.1, 0.15) is 0 Å². The molecule has 6 nitrogen and oxygen atoms in total. The molecule has 0 aliphatic carbocycles. The van der Waals surface area contributed by atoms with Gasteiger partial charge >= 0.3 is 0 Å². The number of carbonyl (C=O) groups excluding carboxylic acids is 2. The van der Waals surface area contributed by atoms with E-state index in [1.165, 1.54) is 4.90 Å². The van der Waals surface area contributed by atoms with Crippen LogP contribution in [0.5, 0.6) is 0 Å². The molecule has 58 heavy (non-hydrogen) atoms. The Bertz CT molecular complexity index is 3130. The van der Waals surface area contributed by atoms with Crippen molar-refractivity contribution in [1.29, 1.82) is 10.5 Å². The Hall–Kier alpha value is -8.32. The molecule has 0 saturated heterocycles. The first-order valence-corrected chi connectivity index (χ1v) is 18.9. The van der Waals surface area contributed by atoms with Gasteiger partial charge in [-0.15, -0.1) is 0 Å². The summed E-state index contributed by atoms with van der Waals surface area (Å²) in [7, 11) is 0. The van der Waals surface area contributed by atoms with Crippen LogP contribution in [-0.2, 0) is 0 Å². The van der Waals surface area contributed by atoms with E-state index in [1.54, 1.807) is 18.2 Å². The van der Waals surface area contributed by atoms with E-state index in [2.05, 4.69) is 12.1 Å². The smallest absolute Gasteiger partial charge is 0.268 e. The molecule has 9 aromatic rings. The molecule has 0 saturated carbocycles. The maximum Gasteiger partial charge on any atom is 0.268 e. The van der Waals surface area contributed by atoms with Gasteiger partial charge in [-0.3, -0.25) is 9.59 Å². The highest BCUT2D eigenvalue weighted by Gasteiger charge is 2.40. The normalized spacial score (nSPS) is 12.1. The maximum absolute atomic E-state index is 15.2. The Labute approximate surface area is 334 Å². The van der Waals surface area contributed by atoms with Crippen LogP contribution in [-0.4, -0.2) is 16.4 Å². The van der Waals surface area contributed by atoms with E-state index in [0.29, 0.717) is 33.6 Å². The lowest BCUT2D eigenvalue weighted by atomic mass is 9.97. The number of nitriles is 2. The van der Waals surface area contributed by atoms with Crippen molar-refractivity contribution >= 4 is 39.3 Å². The van der Waals surface area contributed by atoms with Crippen LogP contribution in [0.25, 0.3) is 72.0 Å². The molecule has 0 unspecified atom stereocenters. The fraction of sp³-hybridized carbons (Fsp3) is 0. The first-order valence-electron chi connectivity index (χ1n) is 18.9. The predicted molar refractivity (Wildman–Crippen MR) is 230 cm³/mol. The largest absolute Gasteiger partial charge is 0.308 e. The van der Waals surface area contributed by atoms with Gasteiger partial charge < -0.3 is 4.57 Å². The quantitative estimate of drug-likeness (QED) is 0.159. The van der Waals surface area contributed by atoms with E-state index < -0.39 is 11.8 Å². The fourth-order valence-corrected chi connectivity index (χ4v) is 8.34. The number of imide groups is 1. The van der Waals surface area contributed by atoms with Gasteiger partial charge in [0.05, 0.1) is 56.8 Å². The molecule has 1 aromatic heterocycles. The lowest BCUT2D eigenvalue weighted by molar-refractivity contribution is 0.0926. The second-order valence-corrected chi connectivity index (χ2v) is 14.2. The van der Waals surface area contributed by atoms with Gasteiger partial charge in [0.15, 0.2) is 0 Å². The third-order valence-corrected chi connectivity index (χ3v) is 11.0. The summed E-state index contributed by atoms with van der Waals surface area (Å²) >= 11 is 0. The Morgan fingerprint density at radius 3 is 1.48 bits per heavy atom. The zero-order chi connectivity index (χ0) is 39.3. The first kappa shape index (κ1) is 34.2. The van der Waals surface area contributed by atoms with Crippen molar-refractivity contribution in [3.05, 3.63) is 204 Å². The van der Waals surface area contributed by atoms with Crippen molar-refractivity contribution in [3.8, 4) is 62.3 Å². The summed E-state index contributed by atoms with van der Waals surface area (Å²) in [5.41, 5.74) is 11.1. The Morgan fingerprint density at radius 1 is 0.379 bits per heavy atom. The molecule has 6 heteroatoms. The molecule has 2 heterocycles. The Kier molecular flexibility index (Phi) is 8.11. The van der Waals surface area contributed by atoms with Crippen LogP contribution >= 0.6 is 0 Å². The molecule has 1 aliphatic rings. The molecule has 0 N–H and O–H groups in total. The van der Waals surface area contributed by atoms with E-state index in [1.807, 2.05) is 168 Å². The topological polar surface area (TPSA) is 89.9 Å². The lowest BCUT2D eigenvalue weighted by Crippen LogP contribution is -2.30. The van der Waals surface area contributed by atoms with E-state index in [4.69, 9.17) is 0 Å². The highest BCUT2D eigenvalue weighted by atomic mass is 16.2. The summed E-state index contributed by atoms with van der Waals surface area (Å²) in [6.07, 6.45) is 0. The van der Waals surface area contributed by atoms with Gasteiger partial charge in [0, 0.05) is 16.3 Å². The molecule has 0 spiro atoms. The first-order chi connectivity index (χ1) is 28.5. The highest BCUT2D eigenvalue weighted by molar-refractivity contribution is 6.36. The van der Waals surface area contributed by atoms with E-state index >= 15 is 4.79 Å². The van der Waals surface area contributed by atoms with Crippen LogP contribution in [0.3, 0.4) is 0 Å². The number of hydrogen-bond acceptors (Lipinski definition) is 4. The average Bonchev–Trinajstić information content (AvgIpc) is 3.75. The molecule has 0 radical (unpaired) electrons. The van der Waals surface area contributed by atoms with Crippen LogP contribution in [0.1, 0.15) is 31.8 Å². The number of carbonyl (C=O) groups is 2. The van der Waals surface area contributed by atoms with Gasteiger partial charge in [-0.1, -0.05) is 140 Å². The lowest BCUT2D eigenvalue weighted by Gasteiger charge is -2.20. The molecule has 10 rings (SSSR count). The van der Waals surface area contributed by atoms with Crippen LogP contribution in [0.15, 0.2) is 182 Å². The van der Waals surface area contributed by atoms with Crippen LogP contribution in [0.4, 0.5) is 5.69 Å². The number of benzene rings is 8. The van der Waals surface area contributed by atoms with E-state index in [9.17, 15) is 15.3 Å². The minimum atomic E-state index is -0.426. The molecule has 0 fully saturated rings. The molecule has 1 aliphatic heterocycles. The SMILES string of the molecule is N#Cc1ccccc1-c1ccc2c3ccc(-c4ccccc4C#N)cc3n(-c3cccc4c3C(=O)N(c3cc(-c5ccccc5)ccc3-c3ccccc3)C4=O)c2c1. The van der Waals surface area contributed by atoms with E-state index in [-0.39, 0.29) is 0 Å². The van der Waals surface area contributed by atoms with Crippen LogP contribution < -0.4 is 4.90 Å². The zero-order valence-electron chi connectivity index (χ0n) is 30.9. The Balaban J connectivity index is 1.22. The number of aromatic nitrogens is 1. The highest BCUT2D eigenvalue weighted by Crippen LogP contribution is 2.43. The van der Waals surface area contributed by atoms with Crippen molar-refractivity contribution in [2.75, 3.05) is 4.90 Å². The van der Waals surface area contributed by atoms with Gasteiger partial charge in [-0.25, -0.2) is 4.90 Å². The minimum absolute atomic E-state index is 0.293. The van der Waals surface area contributed by atoms with Gasteiger partial charge in [0.25, 0.3) is 11.8 Å². The zero-order valence-corrected chi connectivity index (χ0v) is 30.9. The molecule has 0 bridgehead atoms. The summed E-state index contributed by atoms with van der Waals surface area (Å²) in [4.78, 5) is 31.3. The molecule has 0 atom stereocenters. The van der Waals surface area contributed by atoms with Crippen molar-refractivity contribution in [3.63, 3.8) is 0 Å². The summed E-state index contributed by atoms with van der Waals surface area (Å²) in [5.74, 6) is -0.831. The summed E-state index contributed by atoms with van der Waals surface area (Å²) in [6, 6.07) is 62.9. The molecule has 2 amide bonds. The number of amides is 2. The monoisotopic (exact) mass is 742 g/mol. The van der Waals surface area contributed by atoms with E-state index in [0.717, 1.165) is 66.3 Å². The Morgan fingerprint density at radius 2 is 0.897 bits per heavy atom. The average molecular weight is 743 g/mol. The minimum Gasteiger partial charge on any atom is -0.308 e. The maximum atomic E-state index is 15.2. The van der Waals surface area contributed by atoms with Crippen molar-refractivity contribution in [2.45, 2.75) is 0 Å². The fourth-order valence-electron chi connectivity index (χ4n) is 8.34. The summed E-state index contributed by atoms with van der Waals surface area (Å²) < 4.78 is 2.05. The molecule has 270 valence electrons. The van der Waals surface area contributed by atoms with Crippen LogP contribution in [0.2, 0.25) is 0 Å². The second-order valence-electron chi connectivity index (χ2n) is 14.2. The second kappa shape index (κ2) is 13.8. The van der Waals surface area contributed by atoms with Gasteiger partial charge in [-0.2, -0.15) is 10.5 Å². The van der Waals surface area contributed by atoms with Crippen molar-refractivity contribution < 1.29 is 9.59 Å². The number of fused-ring (bicyclic) bond motifs is 4. The molecular formula is C52H30N4O2. The third kappa shape index (κ3) is 5.40. The molecular weight excluding hydrogens is 713 g/mol. The predicted octanol–water partition coefficient (Wildman–Crippen LogP) is 12.0. The van der Waals surface area contributed by atoms with Gasteiger partial charge in [-0.05, 0) is 81.4 Å². The number of anilines is 1. The number of hydrogen-bond donors (Lipinski definition) is 0. The number of nitrogens with zero attached hydrogens (tertiary/aromatic N) is 4. The summed E-state index contributed by atoms with van der Waals surface area (Å²) in [6.45, 7) is 0.